The summed E-state index contributed by atoms with van der Waals surface area (Å²) < 4.78 is 0. The van der Waals surface area contributed by atoms with E-state index in [1.165, 1.54) is 0 Å². The lowest BCUT2D eigenvalue weighted by atomic mass is 10.1. The Morgan fingerprint density at radius 1 is 1.50 bits per heavy atom. The van der Waals surface area contributed by atoms with Crippen LogP contribution in [0.1, 0.15) is 19.8 Å². The van der Waals surface area contributed by atoms with Crippen LogP contribution in [0.4, 0.5) is 0 Å². The van der Waals surface area contributed by atoms with E-state index in [2.05, 4.69) is 6.92 Å². The Hall–Kier alpha value is -0.920. The van der Waals surface area contributed by atoms with Crippen LogP contribution in [0.3, 0.4) is 0 Å². The lowest BCUT2D eigenvalue weighted by Gasteiger charge is -1.99. The van der Waals surface area contributed by atoms with Crippen LogP contribution in [0.5, 0.6) is 0 Å². The second kappa shape index (κ2) is 2.78. The third-order valence-corrected chi connectivity index (χ3v) is 1.77. The molecular weight excluding hydrogens is 124 g/mol. The van der Waals surface area contributed by atoms with Gasteiger partial charge in [-0.15, -0.1) is 0 Å². The third kappa shape index (κ3) is 1.53. The average Bonchev–Trinajstić information content (AvgIpc) is 2.04. The van der Waals surface area contributed by atoms with Gasteiger partial charge in [-0.1, -0.05) is 13.0 Å². The summed E-state index contributed by atoms with van der Waals surface area (Å²) in [6.07, 6.45) is 5.51. The summed E-state index contributed by atoms with van der Waals surface area (Å²) in [5.41, 5.74) is 0.852. The first-order valence-corrected chi connectivity index (χ1v) is 3.54. The van der Waals surface area contributed by atoms with Crippen molar-refractivity contribution in [1.29, 1.82) is 10.8 Å². The molecule has 0 aromatic carbocycles. The molecule has 0 radical (unpaired) electrons. The minimum atomic E-state index is 0.379. The fourth-order valence-corrected chi connectivity index (χ4v) is 0.964. The largest absolute Gasteiger partial charge is 0.303 e. The van der Waals surface area contributed by atoms with Gasteiger partial charge in [0.2, 0.25) is 0 Å². The topological polar surface area (TPSA) is 47.7 Å². The fourth-order valence-electron chi connectivity index (χ4n) is 0.964. The van der Waals surface area contributed by atoms with Gasteiger partial charge in [0, 0.05) is 0 Å². The molecule has 0 spiro atoms. The van der Waals surface area contributed by atoms with Gasteiger partial charge in [-0.25, -0.2) is 0 Å². The summed E-state index contributed by atoms with van der Waals surface area (Å²) in [5.74, 6) is 0.531. The van der Waals surface area contributed by atoms with E-state index in [1.54, 1.807) is 6.08 Å². The monoisotopic (exact) mass is 136 g/mol. The molecule has 2 N–H and O–H groups in total. The van der Waals surface area contributed by atoms with Crippen molar-refractivity contribution in [3.05, 3.63) is 12.2 Å². The molecule has 54 valence electrons. The molecule has 1 rings (SSSR count). The van der Waals surface area contributed by atoms with Crippen LogP contribution in [-0.2, 0) is 0 Å². The maximum atomic E-state index is 7.35. The van der Waals surface area contributed by atoms with Gasteiger partial charge >= 0.3 is 0 Å². The highest BCUT2D eigenvalue weighted by Crippen LogP contribution is 2.11. The summed E-state index contributed by atoms with van der Waals surface area (Å²) in [4.78, 5) is 0. The van der Waals surface area contributed by atoms with Gasteiger partial charge in [-0.05, 0) is 24.8 Å². The second-order valence-electron chi connectivity index (χ2n) is 2.77. The molecule has 2 heteroatoms. The highest BCUT2D eigenvalue weighted by Gasteiger charge is 2.08. The third-order valence-electron chi connectivity index (χ3n) is 1.77. The summed E-state index contributed by atoms with van der Waals surface area (Å²) in [6.45, 7) is 2.11. The first-order chi connectivity index (χ1) is 4.70. The van der Waals surface area contributed by atoms with E-state index in [4.69, 9.17) is 10.8 Å². The van der Waals surface area contributed by atoms with E-state index in [-0.39, 0.29) is 0 Å². The number of rotatable bonds is 0. The van der Waals surface area contributed by atoms with Crippen LogP contribution in [0.25, 0.3) is 0 Å². The fraction of sp³-hybridized carbons (Fsp3) is 0.500. The van der Waals surface area contributed by atoms with Crippen molar-refractivity contribution in [3.63, 3.8) is 0 Å². The van der Waals surface area contributed by atoms with Gasteiger partial charge in [0.05, 0.1) is 11.4 Å². The zero-order chi connectivity index (χ0) is 7.56. The molecule has 0 saturated carbocycles. The summed E-state index contributed by atoms with van der Waals surface area (Å²) >= 11 is 0. The van der Waals surface area contributed by atoms with Crippen LogP contribution in [0, 0.1) is 16.7 Å². The van der Waals surface area contributed by atoms with Crippen LogP contribution in [0.15, 0.2) is 12.2 Å². The smallest absolute Gasteiger partial charge is 0.0744 e. The summed E-state index contributed by atoms with van der Waals surface area (Å²) in [5, 5.41) is 14.7. The lowest BCUT2D eigenvalue weighted by Crippen LogP contribution is -2.06. The summed E-state index contributed by atoms with van der Waals surface area (Å²) in [6, 6.07) is 0. The van der Waals surface area contributed by atoms with Crippen molar-refractivity contribution in [1.82, 2.24) is 0 Å². The Labute approximate surface area is 61.0 Å². The van der Waals surface area contributed by atoms with E-state index < -0.39 is 0 Å². The Morgan fingerprint density at radius 3 is 2.90 bits per heavy atom. The van der Waals surface area contributed by atoms with Crippen LogP contribution in [0.2, 0.25) is 0 Å². The number of allylic oxidation sites excluding steroid dienone is 2. The van der Waals surface area contributed by atoms with E-state index in [9.17, 15) is 0 Å². The second-order valence-corrected chi connectivity index (χ2v) is 2.77. The molecule has 0 heterocycles. The highest BCUT2D eigenvalue weighted by molar-refractivity contribution is 6.44. The Kier molecular flexibility index (Phi) is 2.00. The minimum Gasteiger partial charge on any atom is -0.303 e. The predicted octanol–water partition coefficient (Wildman–Crippen LogP) is 2.01. The Bertz CT molecular complexity index is 191. The van der Waals surface area contributed by atoms with E-state index >= 15 is 0 Å². The van der Waals surface area contributed by atoms with Gasteiger partial charge in [0.1, 0.15) is 0 Å². The predicted molar refractivity (Wildman–Crippen MR) is 43.0 cm³/mol. The molecule has 1 aliphatic rings. The average molecular weight is 136 g/mol. The molecule has 1 unspecified atom stereocenters. The van der Waals surface area contributed by atoms with Gasteiger partial charge < -0.3 is 5.41 Å². The van der Waals surface area contributed by atoms with Crippen molar-refractivity contribution >= 4 is 11.4 Å². The molecule has 1 aliphatic carbocycles. The van der Waals surface area contributed by atoms with Crippen molar-refractivity contribution in [2.24, 2.45) is 5.92 Å². The maximum Gasteiger partial charge on any atom is 0.0744 e. The molecule has 0 aromatic rings. The van der Waals surface area contributed by atoms with Crippen LogP contribution in [-0.4, -0.2) is 11.4 Å². The lowest BCUT2D eigenvalue weighted by molar-refractivity contribution is 0.674. The molecule has 1 atom stereocenters. The molecule has 0 amide bonds. The quantitative estimate of drug-likeness (QED) is 0.512. The summed E-state index contributed by atoms with van der Waals surface area (Å²) in [7, 11) is 0. The van der Waals surface area contributed by atoms with E-state index in [0.29, 0.717) is 17.3 Å². The normalized spacial score (nSPS) is 26.7. The minimum absolute atomic E-state index is 0.379. The van der Waals surface area contributed by atoms with E-state index in [1.807, 2.05) is 6.08 Å². The first kappa shape index (κ1) is 7.19. The zero-order valence-electron chi connectivity index (χ0n) is 6.15. The molecule has 0 saturated heterocycles. The number of nitrogens with one attached hydrogen (secondary N) is 2. The Morgan fingerprint density at radius 2 is 2.20 bits per heavy atom. The number of hydrogen-bond donors (Lipinski definition) is 2. The number of hydrogen-bond acceptors (Lipinski definition) is 2. The van der Waals surface area contributed by atoms with Crippen LogP contribution >= 0.6 is 0 Å². The van der Waals surface area contributed by atoms with Crippen LogP contribution < -0.4 is 0 Å². The standard InChI is InChI=1S/C8H12N2/c1-6-2-4-7(9)8(10)5-3-6/h2,4,6,9-10H,3,5H2,1H3. The van der Waals surface area contributed by atoms with Gasteiger partial charge in [0.25, 0.3) is 0 Å². The van der Waals surface area contributed by atoms with E-state index in [0.717, 1.165) is 12.8 Å². The molecule has 0 aliphatic heterocycles. The van der Waals surface area contributed by atoms with Gasteiger partial charge in [-0.2, -0.15) is 0 Å². The van der Waals surface area contributed by atoms with Crippen molar-refractivity contribution in [2.75, 3.05) is 0 Å². The molecule has 2 nitrogen and oxygen atoms in total. The SMILES string of the molecule is CC1C=CC(=N)C(=N)CC1. The van der Waals surface area contributed by atoms with Crippen molar-refractivity contribution in [3.8, 4) is 0 Å². The Balaban J connectivity index is 2.71. The zero-order valence-corrected chi connectivity index (χ0v) is 6.15. The molecule has 10 heavy (non-hydrogen) atoms. The highest BCUT2D eigenvalue weighted by atomic mass is 14.5. The molecule has 0 bridgehead atoms. The van der Waals surface area contributed by atoms with Crippen molar-refractivity contribution < 1.29 is 0 Å². The maximum absolute atomic E-state index is 7.35. The molecular formula is C8H12N2. The molecule has 0 fully saturated rings. The first-order valence-electron chi connectivity index (χ1n) is 3.54. The van der Waals surface area contributed by atoms with Gasteiger partial charge in [-0.3, -0.25) is 5.41 Å². The van der Waals surface area contributed by atoms with Gasteiger partial charge in [0.15, 0.2) is 0 Å². The van der Waals surface area contributed by atoms with Crippen molar-refractivity contribution in [2.45, 2.75) is 19.8 Å². The molecule has 0 aromatic heterocycles.